The molecule has 23 heavy (non-hydrogen) atoms. The predicted octanol–water partition coefficient (Wildman–Crippen LogP) is 2.94. The van der Waals surface area contributed by atoms with E-state index in [1.807, 2.05) is 25.1 Å². The van der Waals surface area contributed by atoms with E-state index in [2.05, 4.69) is 10.1 Å². The molecule has 0 bridgehead atoms. The molecule has 5 nitrogen and oxygen atoms in total. The molecule has 0 aliphatic rings. The molecular weight excluding hydrogens is 290 g/mol. The molecular formula is C18H17N3O2. The smallest absolute Gasteiger partial charge is 0.282 e. The molecule has 1 N–H and O–H groups in total. The van der Waals surface area contributed by atoms with Gasteiger partial charge in [0.1, 0.15) is 11.6 Å². The molecule has 3 aromatic rings. The van der Waals surface area contributed by atoms with Crippen LogP contribution in [0.1, 0.15) is 24.7 Å². The molecule has 0 radical (unpaired) electrons. The van der Waals surface area contributed by atoms with Gasteiger partial charge in [0, 0.05) is 12.0 Å². The Morgan fingerprint density at radius 2 is 1.91 bits per heavy atom. The van der Waals surface area contributed by atoms with Crippen LogP contribution in [0.15, 0.2) is 58.4 Å². The van der Waals surface area contributed by atoms with Gasteiger partial charge in [-0.05, 0) is 30.7 Å². The number of hydrogen-bond acceptors (Lipinski definition) is 4. The number of phenols is 1. The van der Waals surface area contributed by atoms with E-state index < -0.39 is 0 Å². The van der Waals surface area contributed by atoms with Crippen molar-refractivity contribution < 1.29 is 5.11 Å². The highest BCUT2D eigenvalue weighted by Crippen LogP contribution is 2.13. The van der Waals surface area contributed by atoms with Gasteiger partial charge in [0.05, 0.1) is 17.1 Å². The van der Waals surface area contributed by atoms with Crippen LogP contribution in [-0.2, 0) is 6.42 Å². The summed E-state index contributed by atoms with van der Waals surface area (Å²) in [5.74, 6) is 0.734. The molecule has 0 saturated carbocycles. The third kappa shape index (κ3) is 2.99. The van der Waals surface area contributed by atoms with Crippen molar-refractivity contribution in [2.45, 2.75) is 19.8 Å². The quantitative estimate of drug-likeness (QED) is 0.754. The zero-order valence-corrected chi connectivity index (χ0v) is 12.8. The molecule has 0 spiro atoms. The summed E-state index contributed by atoms with van der Waals surface area (Å²) < 4.78 is 1.32. The molecule has 3 rings (SSSR count). The molecule has 0 unspecified atom stereocenters. The van der Waals surface area contributed by atoms with E-state index in [0.29, 0.717) is 28.7 Å². The fraction of sp³-hybridized carbons (Fsp3) is 0.167. The first-order valence-corrected chi connectivity index (χ1v) is 7.53. The van der Waals surface area contributed by atoms with E-state index in [9.17, 15) is 9.90 Å². The minimum atomic E-state index is -0.203. The number of para-hydroxylation sites is 2. The van der Waals surface area contributed by atoms with Crippen LogP contribution in [0.2, 0.25) is 0 Å². The minimum Gasteiger partial charge on any atom is -0.507 e. The summed E-state index contributed by atoms with van der Waals surface area (Å²) in [7, 11) is 0. The lowest BCUT2D eigenvalue weighted by atomic mass is 10.2. The van der Waals surface area contributed by atoms with Crippen LogP contribution in [0.3, 0.4) is 0 Å². The topological polar surface area (TPSA) is 67.5 Å². The third-order valence-electron chi connectivity index (χ3n) is 3.54. The van der Waals surface area contributed by atoms with Crippen molar-refractivity contribution in [3.05, 3.63) is 70.3 Å². The molecule has 0 amide bonds. The number of nitrogens with zero attached hydrogens (tertiary/aromatic N) is 3. The standard InChI is InChI=1S/C18H17N3O2/c1-2-7-17-20-15-10-5-4-9-14(15)18(23)21(17)19-12-13-8-3-6-11-16(13)22/h3-6,8-12,22H,2,7H2,1H3/b19-12-. The highest BCUT2D eigenvalue weighted by Gasteiger charge is 2.09. The number of rotatable bonds is 4. The van der Waals surface area contributed by atoms with Gasteiger partial charge < -0.3 is 5.11 Å². The normalized spacial score (nSPS) is 11.3. The van der Waals surface area contributed by atoms with Gasteiger partial charge in [-0.25, -0.2) is 4.98 Å². The molecule has 0 aliphatic carbocycles. The zero-order chi connectivity index (χ0) is 16.2. The highest BCUT2D eigenvalue weighted by molar-refractivity contribution is 5.83. The summed E-state index contributed by atoms with van der Waals surface area (Å²) in [6.45, 7) is 2.03. The van der Waals surface area contributed by atoms with Gasteiger partial charge in [-0.1, -0.05) is 31.2 Å². The Morgan fingerprint density at radius 1 is 1.17 bits per heavy atom. The Bertz CT molecular complexity index is 929. The van der Waals surface area contributed by atoms with Crippen LogP contribution in [0.25, 0.3) is 10.9 Å². The largest absolute Gasteiger partial charge is 0.507 e. The molecule has 0 aliphatic heterocycles. The van der Waals surface area contributed by atoms with E-state index in [-0.39, 0.29) is 11.3 Å². The first kappa shape index (κ1) is 15.0. The number of phenolic OH excluding ortho intramolecular Hbond substituents is 1. The van der Waals surface area contributed by atoms with Crippen molar-refractivity contribution in [1.29, 1.82) is 0 Å². The van der Waals surface area contributed by atoms with Crippen molar-refractivity contribution in [3.63, 3.8) is 0 Å². The maximum Gasteiger partial charge on any atom is 0.282 e. The second-order valence-electron chi connectivity index (χ2n) is 5.22. The highest BCUT2D eigenvalue weighted by atomic mass is 16.3. The summed E-state index contributed by atoms with van der Waals surface area (Å²) >= 11 is 0. The van der Waals surface area contributed by atoms with Crippen molar-refractivity contribution >= 4 is 17.1 Å². The van der Waals surface area contributed by atoms with E-state index in [0.717, 1.165) is 6.42 Å². The predicted molar refractivity (Wildman–Crippen MR) is 91.1 cm³/mol. The van der Waals surface area contributed by atoms with Gasteiger partial charge >= 0.3 is 0 Å². The van der Waals surface area contributed by atoms with Crippen molar-refractivity contribution in [1.82, 2.24) is 9.66 Å². The summed E-state index contributed by atoms with van der Waals surface area (Å²) in [4.78, 5) is 17.2. The monoisotopic (exact) mass is 307 g/mol. The SMILES string of the molecule is CCCc1nc2ccccc2c(=O)n1/N=C\c1ccccc1O. The van der Waals surface area contributed by atoms with Crippen LogP contribution >= 0.6 is 0 Å². The molecule has 5 heteroatoms. The summed E-state index contributed by atoms with van der Waals surface area (Å²) in [6.07, 6.45) is 2.99. The van der Waals surface area contributed by atoms with Gasteiger partial charge in [-0.15, -0.1) is 0 Å². The molecule has 0 fully saturated rings. The number of aryl methyl sites for hydroxylation is 1. The Labute approximate surface area is 133 Å². The second-order valence-corrected chi connectivity index (χ2v) is 5.22. The van der Waals surface area contributed by atoms with Gasteiger partial charge in [0.25, 0.3) is 5.56 Å². The first-order chi connectivity index (χ1) is 11.2. The van der Waals surface area contributed by atoms with E-state index in [1.165, 1.54) is 10.9 Å². The number of aromatic nitrogens is 2. The number of fused-ring (bicyclic) bond motifs is 1. The lowest BCUT2D eigenvalue weighted by Crippen LogP contribution is -2.22. The Kier molecular flexibility index (Phi) is 4.19. The summed E-state index contributed by atoms with van der Waals surface area (Å²) in [5, 5.41) is 14.6. The average molecular weight is 307 g/mol. The van der Waals surface area contributed by atoms with E-state index in [4.69, 9.17) is 0 Å². The molecule has 1 heterocycles. The van der Waals surface area contributed by atoms with Crippen molar-refractivity contribution in [2.24, 2.45) is 5.10 Å². The van der Waals surface area contributed by atoms with Crippen LogP contribution in [0.4, 0.5) is 0 Å². The molecule has 0 saturated heterocycles. The Balaban J connectivity index is 2.15. The minimum absolute atomic E-state index is 0.120. The summed E-state index contributed by atoms with van der Waals surface area (Å²) in [6, 6.07) is 14.1. The second kappa shape index (κ2) is 6.44. The Hall–Kier alpha value is -2.95. The first-order valence-electron chi connectivity index (χ1n) is 7.53. The number of hydrogen-bond donors (Lipinski definition) is 1. The third-order valence-corrected chi connectivity index (χ3v) is 3.54. The van der Waals surface area contributed by atoms with Crippen LogP contribution < -0.4 is 5.56 Å². The average Bonchev–Trinajstić information content (AvgIpc) is 2.56. The van der Waals surface area contributed by atoms with Gasteiger partial charge in [-0.2, -0.15) is 9.78 Å². The van der Waals surface area contributed by atoms with Crippen LogP contribution in [0, 0.1) is 0 Å². The zero-order valence-electron chi connectivity index (χ0n) is 12.8. The van der Waals surface area contributed by atoms with Crippen molar-refractivity contribution in [3.8, 4) is 5.75 Å². The molecule has 1 aromatic heterocycles. The number of aromatic hydroxyl groups is 1. The van der Waals surface area contributed by atoms with E-state index >= 15 is 0 Å². The van der Waals surface area contributed by atoms with Gasteiger partial charge in [0.2, 0.25) is 0 Å². The fourth-order valence-corrected chi connectivity index (χ4v) is 2.39. The molecule has 2 aromatic carbocycles. The van der Waals surface area contributed by atoms with Gasteiger partial charge in [0.15, 0.2) is 0 Å². The molecule has 116 valence electrons. The maximum absolute atomic E-state index is 12.7. The molecule has 0 atom stereocenters. The van der Waals surface area contributed by atoms with Crippen LogP contribution in [0.5, 0.6) is 5.75 Å². The van der Waals surface area contributed by atoms with Crippen molar-refractivity contribution in [2.75, 3.05) is 0 Å². The van der Waals surface area contributed by atoms with Gasteiger partial charge in [-0.3, -0.25) is 4.79 Å². The van der Waals surface area contributed by atoms with Crippen LogP contribution in [-0.4, -0.2) is 21.0 Å². The number of benzene rings is 2. The summed E-state index contributed by atoms with van der Waals surface area (Å²) in [5.41, 5.74) is 1.02. The van der Waals surface area contributed by atoms with E-state index in [1.54, 1.807) is 30.3 Å². The lowest BCUT2D eigenvalue weighted by Gasteiger charge is -2.08. The fourth-order valence-electron chi connectivity index (χ4n) is 2.39. The lowest BCUT2D eigenvalue weighted by molar-refractivity contribution is 0.474. The Morgan fingerprint density at radius 3 is 2.70 bits per heavy atom. The maximum atomic E-state index is 12.7.